The molecular formula is C15H12ClFN2O. The summed E-state index contributed by atoms with van der Waals surface area (Å²) in [6.45, 7) is 0. The number of hydrazine groups is 1. The van der Waals surface area contributed by atoms with Crippen LogP contribution in [0.3, 0.4) is 0 Å². The summed E-state index contributed by atoms with van der Waals surface area (Å²) in [4.78, 5) is 0. The summed E-state index contributed by atoms with van der Waals surface area (Å²) in [5, 5.41) is 1.51. The Bertz CT molecular complexity index is 756. The fraction of sp³-hybridized carbons (Fsp3) is 0.0667. The van der Waals surface area contributed by atoms with Crippen molar-refractivity contribution < 1.29 is 8.81 Å². The van der Waals surface area contributed by atoms with Gasteiger partial charge in [0.2, 0.25) is 0 Å². The van der Waals surface area contributed by atoms with Gasteiger partial charge in [0.05, 0.1) is 0 Å². The van der Waals surface area contributed by atoms with Gasteiger partial charge in [0.15, 0.2) is 0 Å². The Labute approximate surface area is 120 Å². The molecule has 5 heteroatoms. The van der Waals surface area contributed by atoms with Crippen LogP contribution in [-0.2, 0) is 0 Å². The predicted octanol–water partition coefficient (Wildman–Crippen LogP) is 3.78. The molecule has 3 nitrogen and oxygen atoms in total. The zero-order valence-corrected chi connectivity index (χ0v) is 11.2. The minimum absolute atomic E-state index is 0.318. The molecule has 3 N–H and O–H groups in total. The first-order chi connectivity index (χ1) is 9.67. The molecule has 102 valence electrons. The van der Waals surface area contributed by atoms with E-state index in [1.165, 1.54) is 12.1 Å². The maximum absolute atomic E-state index is 13.3. The lowest BCUT2D eigenvalue weighted by atomic mass is 10.0. The average molecular weight is 291 g/mol. The molecule has 3 rings (SSSR count). The summed E-state index contributed by atoms with van der Waals surface area (Å²) in [5.74, 6) is 5.87. The number of hydrogen-bond acceptors (Lipinski definition) is 3. The number of fused-ring (bicyclic) bond motifs is 1. The van der Waals surface area contributed by atoms with Gasteiger partial charge in [-0.05, 0) is 42.0 Å². The number of hydrogen-bond donors (Lipinski definition) is 2. The quantitative estimate of drug-likeness (QED) is 0.570. The maximum Gasteiger partial charge on any atom is 0.134 e. The van der Waals surface area contributed by atoms with Gasteiger partial charge in [-0.3, -0.25) is 5.84 Å². The Morgan fingerprint density at radius 2 is 2.00 bits per heavy atom. The van der Waals surface area contributed by atoms with E-state index < -0.39 is 6.04 Å². The van der Waals surface area contributed by atoms with Crippen LogP contribution in [0.15, 0.2) is 52.9 Å². The highest BCUT2D eigenvalue weighted by Crippen LogP contribution is 2.29. The summed E-state index contributed by atoms with van der Waals surface area (Å²) in [6, 6.07) is 13.0. The van der Waals surface area contributed by atoms with Crippen molar-refractivity contribution in [3.8, 4) is 0 Å². The number of nitrogens with one attached hydrogen (secondary N) is 1. The lowest BCUT2D eigenvalue weighted by molar-refractivity contribution is 0.475. The normalized spacial score (nSPS) is 12.8. The number of benzene rings is 2. The molecule has 0 spiro atoms. The molecule has 0 aliphatic carbocycles. The summed E-state index contributed by atoms with van der Waals surface area (Å²) in [7, 11) is 0. The van der Waals surface area contributed by atoms with Crippen molar-refractivity contribution >= 4 is 22.6 Å². The Balaban J connectivity index is 2.07. The van der Waals surface area contributed by atoms with Crippen molar-refractivity contribution in [1.82, 2.24) is 5.43 Å². The molecule has 1 atom stereocenters. The van der Waals surface area contributed by atoms with E-state index in [-0.39, 0.29) is 5.82 Å². The van der Waals surface area contributed by atoms with Crippen LogP contribution in [0.25, 0.3) is 11.0 Å². The Morgan fingerprint density at radius 1 is 1.15 bits per heavy atom. The van der Waals surface area contributed by atoms with Gasteiger partial charge in [-0.2, -0.15) is 0 Å². The van der Waals surface area contributed by atoms with Gasteiger partial charge in [-0.15, -0.1) is 0 Å². The molecule has 2 aromatic carbocycles. The van der Waals surface area contributed by atoms with Gasteiger partial charge in [0.1, 0.15) is 23.2 Å². The summed E-state index contributed by atoms with van der Waals surface area (Å²) < 4.78 is 19.1. The largest absolute Gasteiger partial charge is 0.459 e. The standard InChI is InChI=1S/C15H12ClFN2O/c16-11-4-5-13-10(6-11)8-14(20-13)15(19-18)9-2-1-3-12(17)7-9/h1-8,15,19H,18H2. The third-order valence-corrected chi connectivity index (χ3v) is 3.37. The molecule has 0 saturated carbocycles. The molecule has 0 fully saturated rings. The fourth-order valence-electron chi connectivity index (χ4n) is 2.21. The van der Waals surface area contributed by atoms with Gasteiger partial charge in [-0.1, -0.05) is 23.7 Å². The molecule has 1 aromatic heterocycles. The van der Waals surface area contributed by atoms with Gasteiger partial charge in [0, 0.05) is 10.4 Å². The zero-order valence-electron chi connectivity index (χ0n) is 10.4. The molecule has 0 radical (unpaired) electrons. The van der Waals surface area contributed by atoms with Crippen LogP contribution >= 0.6 is 11.6 Å². The Morgan fingerprint density at radius 3 is 2.75 bits per heavy atom. The second kappa shape index (κ2) is 5.25. The lowest BCUT2D eigenvalue weighted by Crippen LogP contribution is -2.28. The Hall–Kier alpha value is -1.88. The lowest BCUT2D eigenvalue weighted by Gasteiger charge is -2.13. The van der Waals surface area contributed by atoms with Gasteiger partial charge in [0.25, 0.3) is 0 Å². The fourth-order valence-corrected chi connectivity index (χ4v) is 2.39. The van der Waals surface area contributed by atoms with Crippen molar-refractivity contribution in [3.63, 3.8) is 0 Å². The third-order valence-electron chi connectivity index (χ3n) is 3.13. The van der Waals surface area contributed by atoms with Crippen LogP contribution in [0.2, 0.25) is 5.02 Å². The Kier molecular flexibility index (Phi) is 3.44. The molecule has 1 unspecified atom stereocenters. The number of rotatable bonds is 3. The number of halogens is 2. The SMILES string of the molecule is NNC(c1cccc(F)c1)c1cc2cc(Cl)ccc2o1. The minimum Gasteiger partial charge on any atom is -0.459 e. The second-order valence-corrected chi connectivity index (χ2v) is 4.92. The van der Waals surface area contributed by atoms with Gasteiger partial charge >= 0.3 is 0 Å². The van der Waals surface area contributed by atoms with Crippen LogP contribution in [-0.4, -0.2) is 0 Å². The van der Waals surface area contributed by atoms with Gasteiger partial charge in [-0.25, -0.2) is 9.82 Å². The first-order valence-corrected chi connectivity index (χ1v) is 6.46. The minimum atomic E-state index is -0.420. The van der Waals surface area contributed by atoms with Crippen molar-refractivity contribution in [2.75, 3.05) is 0 Å². The highest BCUT2D eigenvalue weighted by atomic mass is 35.5. The predicted molar refractivity (Wildman–Crippen MR) is 76.8 cm³/mol. The van der Waals surface area contributed by atoms with Crippen LogP contribution in [0.1, 0.15) is 17.4 Å². The molecule has 3 aromatic rings. The van der Waals surface area contributed by atoms with Crippen LogP contribution in [0, 0.1) is 5.82 Å². The molecule has 0 saturated heterocycles. The molecule has 0 aliphatic rings. The van der Waals surface area contributed by atoms with E-state index in [1.807, 2.05) is 12.1 Å². The van der Waals surface area contributed by atoms with E-state index in [0.29, 0.717) is 21.9 Å². The van der Waals surface area contributed by atoms with E-state index in [4.69, 9.17) is 21.9 Å². The monoisotopic (exact) mass is 290 g/mol. The summed E-state index contributed by atoms with van der Waals surface area (Å²) >= 11 is 5.95. The van der Waals surface area contributed by atoms with Crippen LogP contribution < -0.4 is 11.3 Å². The van der Waals surface area contributed by atoms with Crippen molar-refractivity contribution in [2.45, 2.75) is 6.04 Å². The first-order valence-electron chi connectivity index (χ1n) is 6.08. The molecular weight excluding hydrogens is 279 g/mol. The van der Waals surface area contributed by atoms with Crippen LogP contribution in [0.5, 0.6) is 0 Å². The van der Waals surface area contributed by atoms with E-state index in [0.717, 1.165) is 5.39 Å². The molecule has 0 bridgehead atoms. The van der Waals surface area contributed by atoms with E-state index in [1.54, 1.807) is 24.3 Å². The smallest absolute Gasteiger partial charge is 0.134 e. The number of nitrogens with two attached hydrogens (primary N) is 1. The summed E-state index contributed by atoms with van der Waals surface area (Å²) in [5.41, 5.74) is 4.05. The molecule has 20 heavy (non-hydrogen) atoms. The molecule has 1 heterocycles. The second-order valence-electron chi connectivity index (χ2n) is 4.49. The first kappa shape index (κ1) is 13.1. The topological polar surface area (TPSA) is 51.2 Å². The maximum atomic E-state index is 13.3. The number of furan rings is 1. The average Bonchev–Trinajstić information content (AvgIpc) is 2.82. The summed E-state index contributed by atoms with van der Waals surface area (Å²) in [6.07, 6.45) is 0. The van der Waals surface area contributed by atoms with E-state index >= 15 is 0 Å². The van der Waals surface area contributed by atoms with Crippen molar-refractivity contribution in [1.29, 1.82) is 0 Å². The van der Waals surface area contributed by atoms with Crippen LogP contribution in [0.4, 0.5) is 4.39 Å². The molecule has 0 aliphatic heterocycles. The van der Waals surface area contributed by atoms with Crippen molar-refractivity contribution in [3.05, 3.63) is 70.7 Å². The highest BCUT2D eigenvalue weighted by molar-refractivity contribution is 6.31. The molecule has 0 amide bonds. The highest BCUT2D eigenvalue weighted by Gasteiger charge is 2.17. The zero-order chi connectivity index (χ0) is 14.1. The van der Waals surface area contributed by atoms with E-state index in [2.05, 4.69) is 5.43 Å². The third kappa shape index (κ3) is 2.41. The van der Waals surface area contributed by atoms with E-state index in [9.17, 15) is 4.39 Å². The van der Waals surface area contributed by atoms with Gasteiger partial charge < -0.3 is 4.42 Å². The van der Waals surface area contributed by atoms with Crippen molar-refractivity contribution in [2.24, 2.45) is 5.84 Å².